The molecule has 0 radical (unpaired) electrons. The second kappa shape index (κ2) is 9.47. The van der Waals surface area contributed by atoms with Gasteiger partial charge in [-0.25, -0.2) is 8.78 Å². The average Bonchev–Trinajstić information content (AvgIpc) is 2.73. The molecule has 5 nitrogen and oxygen atoms in total. The number of benzene rings is 2. The van der Waals surface area contributed by atoms with Gasteiger partial charge in [-0.15, -0.1) is 0 Å². The van der Waals surface area contributed by atoms with Crippen molar-refractivity contribution in [2.75, 3.05) is 13.1 Å². The standard InChI is InChI=1S/C24H21F2NO4/c1-15(24(30)31)10-22(28)27-13-18(11-16-6-2-4-8-20(16)25)23(29)19(14-27)12-17-7-3-5-9-21(17)26/h2-9,11-12,15H,10,13-14H2,1H3,(H,30,31)/b18-11+,19-12+. The van der Waals surface area contributed by atoms with E-state index in [0.29, 0.717) is 0 Å². The van der Waals surface area contributed by atoms with Crippen LogP contribution in [-0.2, 0) is 14.4 Å². The van der Waals surface area contributed by atoms with E-state index in [1.807, 2.05) is 0 Å². The van der Waals surface area contributed by atoms with Gasteiger partial charge in [0, 0.05) is 41.8 Å². The van der Waals surface area contributed by atoms with Gasteiger partial charge in [-0.05, 0) is 24.3 Å². The predicted molar refractivity (Wildman–Crippen MR) is 112 cm³/mol. The number of ketones is 1. The quantitative estimate of drug-likeness (QED) is 0.736. The zero-order valence-corrected chi connectivity index (χ0v) is 16.8. The Bertz CT molecular complexity index is 1020. The normalized spacial score (nSPS) is 17.8. The average molecular weight is 425 g/mol. The van der Waals surface area contributed by atoms with E-state index in [1.54, 1.807) is 12.1 Å². The molecular formula is C24H21F2NO4. The maximum absolute atomic E-state index is 14.1. The number of nitrogens with zero attached hydrogens (tertiary/aromatic N) is 1. The lowest BCUT2D eigenvalue weighted by molar-refractivity contribution is -0.145. The Balaban J connectivity index is 2.00. The molecule has 1 aliphatic heterocycles. The van der Waals surface area contributed by atoms with Crippen molar-refractivity contribution in [3.05, 3.63) is 82.4 Å². The highest BCUT2D eigenvalue weighted by atomic mass is 19.1. The van der Waals surface area contributed by atoms with Crippen molar-refractivity contribution in [1.82, 2.24) is 4.90 Å². The van der Waals surface area contributed by atoms with Crippen LogP contribution in [0.4, 0.5) is 8.78 Å². The molecule has 1 fully saturated rings. The Kier molecular flexibility index (Phi) is 6.74. The monoisotopic (exact) mass is 425 g/mol. The minimum absolute atomic E-state index is 0.0903. The number of hydrogen-bond acceptors (Lipinski definition) is 3. The highest BCUT2D eigenvalue weighted by Gasteiger charge is 2.30. The van der Waals surface area contributed by atoms with Crippen LogP contribution in [0.3, 0.4) is 0 Å². The first-order chi connectivity index (χ1) is 14.8. The lowest BCUT2D eigenvalue weighted by Crippen LogP contribution is -2.42. The number of halogens is 2. The molecule has 7 heteroatoms. The van der Waals surface area contributed by atoms with Gasteiger partial charge in [0.1, 0.15) is 11.6 Å². The molecule has 1 saturated heterocycles. The summed E-state index contributed by atoms with van der Waals surface area (Å²) in [5.74, 6) is -3.92. The van der Waals surface area contributed by atoms with Gasteiger partial charge in [0.05, 0.1) is 5.92 Å². The van der Waals surface area contributed by atoms with E-state index in [-0.39, 0.29) is 41.8 Å². The zero-order valence-electron chi connectivity index (χ0n) is 16.8. The molecular weight excluding hydrogens is 404 g/mol. The Morgan fingerprint density at radius 1 is 0.968 bits per heavy atom. The molecule has 1 amide bonds. The van der Waals surface area contributed by atoms with E-state index in [2.05, 4.69) is 0 Å². The number of likely N-dealkylation sites (tertiary alicyclic amines) is 1. The molecule has 1 atom stereocenters. The number of Topliss-reactive ketones (excluding diaryl/α,β-unsaturated/α-hetero) is 1. The van der Waals surface area contributed by atoms with Crippen LogP contribution in [0.2, 0.25) is 0 Å². The first-order valence-electron chi connectivity index (χ1n) is 9.71. The van der Waals surface area contributed by atoms with Gasteiger partial charge in [-0.2, -0.15) is 0 Å². The van der Waals surface area contributed by atoms with Crippen LogP contribution in [-0.4, -0.2) is 40.8 Å². The molecule has 0 aliphatic carbocycles. The fourth-order valence-electron chi connectivity index (χ4n) is 3.25. The Morgan fingerprint density at radius 3 is 1.84 bits per heavy atom. The van der Waals surface area contributed by atoms with Crippen molar-refractivity contribution in [3.63, 3.8) is 0 Å². The summed E-state index contributed by atoms with van der Waals surface area (Å²) in [6.45, 7) is 1.24. The fraction of sp³-hybridized carbons (Fsp3) is 0.208. The predicted octanol–water partition coefficient (Wildman–Crippen LogP) is 3.95. The number of aliphatic carboxylic acids is 1. The number of carbonyl (C=O) groups is 3. The van der Waals surface area contributed by atoms with Crippen LogP contribution in [0.15, 0.2) is 59.7 Å². The van der Waals surface area contributed by atoms with Gasteiger partial charge >= 0.3 is 5.97 Å². The fourth-order valence-corrected chi connectivity index (χ4v) is 3.25. The van der Waals surface area contributed by atoms with Crippen LogP contribution >= 0.6 is 0 Å². The summed E-state index contributed by atoms with van der Waals surface area (Å²) in [6.07, 6.45) is 2.49. The number of carboxylic acids is 1. The van der Waals surface area contributed by atoms with Crippen molar-refractivity contribution in [2.45, 2.75) is 13.3 Å². The minimum Gasteiger partial charge on any atom is -0.481 e. The van der Waals surface area contributed by atoms with Crippen molar-refractivity contribution in [2.24, 2.45) is 5.92 Å². The second-order valence-corrected chi connectivity index (χ2v) is 7.40. The number of carbonyl (C=O) groups excluding carboxylic acids is 2. The van der Waals surface area contributed by atoms with Crippen molar-refractivity contribution < 1.29 is 28.3 Å². The topological polar surface area (TPSA) is 74.7 Å². The smallest absolute Gasteiger partial charge is 0.306 e. The second-order valence-electron chi connectivity index (χ2n) is 7.40. The summed E-state index contributed by atoms with van der Waals surface area (Å²) >= 11 is 0. The van der Waals surface area contributed by atoms with Gasteiger partial charge in [0.25, 0.3) is 0 Å². The van der Waals surface area contributed by atoms with Gasteiger partial charge in [0.15, 0.2) is 5.78 Å². The molecule has 0 spiro atoms. The Morgan fingerprint density at radius 2 is 1.42 bits per heavy atom. The zero-order chi connectivity index (χ0) is 22.5. The first-order valence-corrected chi connectivity index (χ1v) is 9.71. The minimum atomic E-state index is -1.11. The van der Waals surface area contributed by atoms with E-state index < -0.39 is 35.2 Å². The number of hydrogen-bond donors (Lipinski definition) is 1. The summed E-state index contributed by atoms with van der Waals surface area (Å²) < 4.78 is 28.2. The molecule has 160 valence electrons. The van der Waals surface area contributed by atoms with E-state index in [1.165, 1.54) is 60.4 Å². The lowest BCUT2D eigenvalue weighted by Gasteiger charge is -2.30. The number of piperidine rings is 1. The molecule has 2 aromatic carbocycles. The third-order valence-corrected chi connectivity index (χ3v) is 5.03. The first kappa shape index (κ1) is 22.1. The molecule has 1 heterocycles. The molecule has 0 saturated carbocycles. The van der Waals surface area contributed by atoms with Crippen LogP contribution in [0.25, 0.3) is 12.2 Å². The van der Waals surface area contributed by atoms with E-state index in [0.717, 1.165) is 0 Å². The van der Waals surface area contributed by atoms with E-state index in [9.17, 15) is 23.2 Å². The van der Waals surface area contributed by atoms with Gasteiger partial charge in [0.2, 0.25) is 5.91 Å². The van der Waals surface area contributed by atoms with Crippen LogP contribution in [0.1, 0.15) is 24.5 Å². The molecule has 1 N–H and O–H groups in total. The molecule has 0 aromatic heterocycles. The van der Waals surface area contributed by atoms with Gasteiger partial charge in [-0.1, -0.05) is 43.3 Å². The van der Waals surface area contributed by atoms with Crippen molar-refractivity contribution >= 4 is 29.8 Å². The SMILES string of the molecule is CC(CC(=O)N1C/C(=C\c2ccccc2F)C(=O)/C(=C/c2ccccc2F)C1)C(=O)O. The molecule has 0 bridgehead atoms. The van der Waals surface area contributed by atoms with E-state index in [4.69, 9.17) is 5.11 Å². The molecule has 2 aromatic rings. The van der Waals surface area contributed by atoms with Crippen LogP contribution < -0.4 is 0 Å². The molecule has 1 aliphatic rings. The van der Waals surface area contributed by atoms with Crippen LogP contribution in [0.5, 0.6) is 0 Å². The molecule has 31 heavy (non-hydrogen) atoms. The number of rotatable bonds is 5. The largest absolute Gasteiger partial charge is 0.481 e. The Labute approximate surface area is 178 Å². The summed E-state index contributed by atoms with van der Waals surface area (Å²) in [5, 5.41) is 9.10. The van der Waals surface area contributed by atoms with E-state index >= 15 is 0 Å². The number of carboxylic acid groups (broad SMARTS) is 1. The van der Waals surface area contributed by atoms with Crippen LogP contribution in [0, 0.1) is 17.6 Å². The summed E-state index contributed by atoms with van der Waals surface area (Å²) in [5.41, 5.74) is 0.694. The maximum Gasteiger partial charge on any atom is 0.306 e. The Hall–Kier alpha value is -3.61. The van der Waals surface area contributed by atoms with Gasteiger partial charge in [-0.3, -0.25) is 14.4 Å². The summed E-state index contributed by atoms with van der Waals surface area (Å²) in [4.78, 5) is 38.2. The van der Waals surface area contributed by atoms with Crippen molar-refractivity contribution in [1.29, 1.82) is 0 Å². The summed E-state index contributed by atoms with van der Waals surface area (Å²) in [7, 11) is 0. The summed E-state index contributed by atoms with van der Waals surface area (Å²) in [6, 6.07) is 11.8. The van der Waals surface area contributed by atoms with Crippen molar-refractivity contribution in [3.8, 4) is 0 Å². The lowest BCUT2D eigenvalue weighted by atomic mass is 9.93. The van der Waals surface area contributed by atoms with Gasteiger partial charge < -0.3 is 10.0 Å². The third kappa shape index (κ3) is 5.31. The highest BCUT2D eigenvalue weighted by molar-refractivity contribution is 6.15. The number of amides is 1. The highest BCUT2D eigenvalue weighted by Crippen LogP contribution is 2.24. The third-order valence-electron chi connectivity index (χ3n) is 5.03. The molecule has 1 unspecified atom stereocenters. The molecule has 3 rings (SSSR count). The maximum atomic E-state index is 14.1.